The molecule has 18 heavy (non-hydrogen) atoms. The van der Waals surface area contributed by atoms with Crippen molar-refractivity contribution in [3.63, 3.8) is 0 Å². The molecule has 0 unspecified atom stereocenters. The molecule has 1 aliphatic rings. The van der Waals surface area contributed by atoms with Crippen LogP contribution in [-0.2, 0) is 6.61 Å². The summed E-state index contributed by atoms with van der Waals surface area (Å²) in [6.45, 7) is 6.91. The van der Waals surface area contributed by atoms with E-state index in [9.17, 15) is 0 Å². The number of para-hydroxylation sites is 1. The molecule has 0 atom stereocenters. The van der Waals surface area contributed by atoms with Crippen LogP contribution in [-0.4, -0.2) is 15.7 Å². The molecule has 0 saturated carbocycles. The molecule has 3 rings (SSSR count). The van der Waals surface area contributed by atoms with Crippen LogP contribution in [0.5, 0.6) is 5.75 Å². The van der Waals surface area contributed by atoms with E-state index in [0.717, 1.165) is 28.4 Å². The third kappa shape index (κ3) is 1.83. The molecule has 2 N–H and O–H groups in total. The van der Waals surface area contributed by atoms with Gasteiger partial charge in [-0.2, -0.15) is 5.10 Å². The Morgan fingerprint density at radius 3 is 2.83 bits per heavy atom. The molecule has 0 amide bonds. The van der Waals surface area contributed by atoms with Crippen molar-refractivity contribution in [2.24, 2.45) is 0 Å². The van der Waals surface area contributed by atoms with Gasteiger partial charge in [-0.05, 0) is 32.9 Å². The first kappa shape index (κ1) is 11.1. The van der Waals surface area contributed by atoms with Crippen molar-refractivity contribution in [1.82, 2.24) is 10.2 Å². The van der Waals surface area contributed by atoms with Gasteiger partial charge in [0.15, 0.2) is 5.82 Å². The van der Waals surface area contributed by atoms with E-state index in [4.69, 9.17) is 4.74 Å². The zero-order chi connectivity index (χ0) is 12.8. The Hall–Kier alpha value is -1.97. The summed E-state index contributed by atoms with van der Waals surface area (Å²) < 4.78 is 5.76. The maximum atomic E-state index is 5.76. The van der Waals surface area contributed by atoms with E-state index in [1.54, 1.807) is 0 Å². The van der Waals surface area contributed by atoms with Gasteiger partial charge < -0.3 is 10.1 Å². The van der Waals surface area contributed by atoms with Crippen molar-refractivity contribution in [1.29, 1.82) is 0 Å². The monoisotopic (exact) mass is 243 g/mol. The minimum atomic E-state index is -0.0140. The third-order valence-corrected chi connectivity index (χ3v) is 2.89. The van der Waals surface area contributed by atoms with Gasteiger partial charge in [-0.1, -0.05) is 12.1 Å². The molecule has 4 heteroatoms. The third-order valence-electron chi connectivity index (χ3n) is 2.89. The summed E-state index contributed by atoms with van der Waals surface area (Å²) in [6.07, 6.45) is 0. The van der Waals surface area contributed by atoms with Crippen LogP contribution in [0, 0.1) is 0 Å². The van der Waals surface area contributed by atoms with Gasteiger partial charge in [-0.25, -0.2) is 0 Å². The fourth-order valence-corrected chi connectivity index (χ4v) is 2.14. The second kappa shape index (κ2) is 3.77. The Labute approximate surface area is 106 Å². The average molecular weight is 243 g/mol. The van der Waals surface area contributed by atoms with Gasteiger partial charge in [0.05, 0.1) is 11.3 Å². The molecule has 2 heterocycles. The van der Waals surface area contributed by atoms with Gasteiger partial charge in [-0.3, -0.25) is 5.10 Å². The molecule has 1 aromatic heterocycles. The lowest BCUT2D eigenvalue weighted by molar-refractivity contribution is 0.302. The van der Waals surface area contributed by atoms with Gasteiger partial charge in [0, 0.05) is 11.1 Å². The molecular weight excluding hydrogens is 226 g/mol. The predicted molar refractivity (Wildman–Crippen MR) is 71.7 cm³/mol. The summed E-state index contributed by atoms with van der Waals surface area (Å²) in [6, 6.07) is 8.02. The minimum Gasteiger partial charge on any atom is -0.488 e. The molecular formula is C14H17N3O. The van der Waals surface area contributed by atoms with Crippen LogP contribution in [0.3, 0.4) is 0 Å². The lowest BCUT2D eigenvalue weighted by Gasteiger charge is -2.23. The standard InChI is InChI=1S/C14H17N3O/c1-14(2,3)15-13-10-8-18-11-7-5-4-6-9(11)12(10)16-17-13/h4-7H,8H2,1-3H3,(H2,15,16,17). The Morgan fingerprint density at radius 1 is 1.28 bits per heavy atom. The topological polar surface area (TPSA) is 49.9 Å². The van der Waals surface area contributed by atoms with Crippen molar-refractivity contribution >= 4 is 5.82 Å². The molecule has 2 aromatic rings. The molecule has 0 aliphatic carbocycles. The van der Waals surface area contributed by atoms with Crippen molar-refractivity contribution in [2.75, 3.05) is 5.32 Å². The summed E-state index contributed by atoms with van der Waals surface area (Å²) in [4.78, 5) is 0. The largest absolute Gasteiger partial charge is 0.488 e. The first-order valence-electron chi connectivity index (χ1n) is 6.12. The van der Waals surface area contributed by atoms with Gasteiger partial charge in [-0.15, -0.1) is 0 Å². The molecule has 0 saturated heterocycles. The fourth-order valence-electron chi connectivity index (χ4n) is 2.14. The lowest BCUT2D eigenvalue weighted by Crippen LogP contribution is -2.27. The van der Waals surface area contributed by atoms with Crippen LogP contribution in [0.2, 0.25) is 0 Å². The summed E-state index contributed by atoms with van der Waals surface area (Å²) in [5, 5.41) is 10.9. The molecule has 0 bridgehead atoms. The Balaban J connectivity index is 2.05. The van der Waals surface area contributed by atoms with Gasteiger partial charge in [0.1, 0.15) is 12.4 Å². The number of nitrogens with zero attached hydrogens (tertiary/aromatic N) is 1. The second-order valence-electron chi connectivity index (χ2n) is 5.59. The summed E-state index contributed by atoms with van der Waals surface area (Å²) in [5.41, 5.74) is 3.22. The molecule has 1 aromatic carbocycles. The number of hydrogen-bond donors (Lipinski definition) is 2. The first-order valence-corrected chi connectivity index (χ1v) is 6.12. The number of aromatic nitrogens is 2. The molecule has 94 valence electrons. The number of aromatic amines is 1. The number of anilines is 1. The molecule has 0 fully saturated rings. The lowest BCUT2D eigenvalue weighted by atomic mass is 10.0. The Morgan fingerprint density at radius 2 is 2.06 bits per heavy atom. The number of benzene rings is 1. The quantitative estimate of drug-likeness (QED) is 0.808. The zero-order valence-electron chi connectivity index (χ0n) is 10.9. The summed E-state index contributed by atoms with van der Waals surface area (Å²) in [5.74, 6) is 1.79. The van der Waals surface area contributed by atoms with Crippen LogP contribution in [0.1, 0.15) is 26.3 Å². The number of fused-ring (bicyclic) bond motifs is 3. The van der Waals surface area contributed by atoms with E-state index in [2.05, 4.69) is 36.3 Å². The highest BCUT2D eigenvalue weighted by atomic mass is 16.5. The van der Waals surface area contributed by atoms with Gasteiger partial charge in [0.2, 0.25) is 0 Å². The van der Waals surface area contributed by atoms with Gasteiger partial charge in [0.25, 0.3) is 0 Å². The molecule has 4 nitrogen and oxygen atoms in total. The van der Waals surface area contributed by atoms with Crippen LogP contribution < -0.4 is 10.1 Å². The summed E-state index contributed by atoms with van der Waals surface area (Å²) in [7, 11) is 0. The van der Waals surface area contributed by atoms with E-state index >= 15 is 0 Å². The Bertz CT molecular complexity index is 581. The smallest absolute Gasteiger partial charge is 0.155 e. The highest BCUT2D eigenvalue weighted by Crippen LogP contribution is 2.38. The number of rotatable bonds is 1. The first-order chi connectivity index (χ1) is 8.54. The van der Waals surface area contributed by atoms with E-state index in [1.165, 1.54) is 0 Å². The Kier molecular flexibility index (Phi) is 2.33. The van der Waals surface area contributed by atoms with Crippen LogP contribution in [0.15, 0.2) is 24.3 Å². The number of H-pyrrole nitrogens is 1. The van der Waals surface area contributed by atoms with E-state index in [1.807, 2.05) is 24.3 Å². The SMILES string of the molecule is CC(C)(C)Nc1n[nH]c2c1COc1ccccc1-2. The molecule has 0 spiro atoms. The van der Waals surface area contributed by atoms with Crippen molar-refractivity contribution < 1.29 is 4.74 Å². The highest BCUT2D eigenvalue weighted by molar-refractivity contribution is 5.75. The second-order valence-corrected chi connectivity index (χ2v) is 5.59. The molecule has 1 aliphatic heterocycles. The zero-order valence-corrected chi connectivity index (χ0v) is 10.9. The maximum Gasteiger partial charge on any atom is 0.155 e. The van der Waals surface area contributed by atoms with Crippen molar-refractivity contribution in [3.05, 3.63) is 29.8 Å². The maximum absolute atomic E-state index is 5.76. The van der Waals surface area contributed by atoms with Gasteiger partial charge >= 0.3 is 0 Å². The number of ether oxygens (including phenoxy) is 1. The minimum absolute atomic E-state index is 0.0140. The average Bonchev–Trinajstić information content (AvgIpc) is 2.71. The van der Waals surface area contributed by atoms with Crippen molar-refractivity contribution in [3.8, 4) is 17.0 Å². The van der Waals surface area contributed by atoms with Crippen molar-refractivity contribution in [2.45, 2.75) is 32.9 Å². The molecule has 0 radical (unpaired) electrons. The number of hydrogen-bond acceptors (Lipinski definition) is 3. The predicted octanol–water partition coefficient (Wildman–Crippen LogP) is 3.18. The highest BCUT2D eigenvalue weighted by Gasteiger charge is 2.24. The fraction of sp³-hybridized carbons (Fsp3) is 0.357. The van der Waals surface area contributed by atoms with Crippen LogP contribution >= 0.6 is 0 Å². The van der Waals surface area contributed by atoms with Crippen LogP contribution in [0.25, 0.3) is 11.3 Å². The van der Waals surface area contributed by atoms with E-state index < -0.39 is 0 Å². The van der Waals surface area contributed by atoms with E-state index in [0.29, 0.717) is 6.61 Å². The number of nitrogens with one attached hydrogen (secondary N) is 2. The summed E-state index contributed by atoms with van der Waals surface area (Å²) >= 11 is 0. The van der Waals surface area contributed by atoms with E-state index in [-0.39, 0.29) is 5.54 Å². The normalized spacial score (nSPS) is 13.5. The van der Waals surface area contributed by atoms with Crippen LogP contribution in [0.4, 0.5) is 5.82 Å².